The zero-order chi connectivity index (χ0) is 9.47. The summed E-state index contributed by atoms with van der Waals surface area (Å²) in [5.74, 6) is 0. The van der Waals surface area contributed by atoms with Crippen molar-refractivity contribution in [3.63, 3.8) is 0 Å². The van der Waals surface area contributed by atoms with Gasteiger partial charge in [-0.15, -0.1) is 11.3 Å². The van der Waals surface area contributed by atoms with Crippen molar-refractivity contribution in [1.82, 2.24) is 0 Å². The van der Waals surface area contributed by atoms with Crippen molar-refractivity contribution in [3.05, 3.63) is 29.6 Å². The van der Waals surface area contributed by atoms with Crippen LogP contribution in [0, 0.1) is 6.07 Å². The van der Waals surface area contributed by atoms with Crippen LogP contribution in [0.5, 0.6) is 0 Å². The molecule has 0 bridgehead atoms. The Kier molecular flexibility index (Phi) is 1.89. The topological polar surface area (TPSA) is 34.1 Å². The van der Waals surface area contributed by atoms with E-state index in [1.165, 1.54) is 17.6 Å². The zero-order valence-corrected chi connectivity index (χ0v) is 8.58. The molecule has 1 aliphatic heterocycles. The fourth-order valence-corrected chi connectivity index (χ4v) is 2.52. The van der Waals surface area contributed by atoms with Crippen LogP contribution >= 0.6 is 11.3 Å². The van der Waals surface area contributed by atoms with Crippen LogP contribution < -0.4 is 0 Å². The molecule has 0 saturated carbocycles. The van der Waals surface area contributed by atoms with Crippen LogP contribution in [0.15, 0.2) is 28.5 Å². The maximum Gasteiger partial charge on any atom is 0.176 e. The molecule has 0 spiro atoms. The maximum atomic E-state index is 11.2. The number of sulfone groups is 1. The summed E-state index contributed by atoms with van der Waals surface area (Å²) in [4.78, 5) is 1.17. The molecule has 0 amide bonds. The summed E-state index contributed by atoms with van der Waals surface area (Å²) in [6.07, 6.45) is 1.20. The van der Waals surface area contributed by atoms with Crippen LogP contribution in [-0.4, -0.2) is 14.7 Å². The predicted molar refractivity (Wildman–Crippen MR) is 52.9 cm³/mol. The van der Waals surface area contributed by atoms with E-state index in [0.29, 0.717) is 0 Å². The van der Waals surface area contributed by atoms with Gasteiger partial charge in [0.1, 0.15) is 0 Å². The number of hydrogen-bond acceptors (Lipinski definition) is 3. The minimum Gasteiger partial charge on any atom is -0.224 e. The molecule has 13 heavy (non-hydrogen) atoms. The lowest BCUT2D eigenvalue weighted by Gasteiger charge is -1.90. The molecular formula is C9H7O2S2. The standard InChI is InChI=1S/C9H7O2S2/c1-13(10,11)8-5-7-3-2-4-12-9(7)6-8/h2-5H,1H3. The molecule has 67 valence electrons. The van der Waals surface area contributed by atoms with Gasteiger partial charge in [0.2, 0.25) is 0 Å². The van der Waals surface area contributed by atoms with E-state index in [1.54, 1.807) is 6.07 Å². The first kappa shape index (κ1) is 8.72. The van der Waals surface area contributed by atoms with E-state index >= 15 is 0 Å². The Morgan fingerprint density at radius 1 is 1.46 bits per heavy atom. The van der Waals surface area contributed by atoms with E-state index in [2.05, 4.69) is 6.07 Å². The van der Waals surface area contributed by atoms with Crippen molar-refractivity contribution in [3.8, 4) is 10.4 Å². The highest BCUT2D eigenvalue weighted by Gasteiger charge is 2.14. The number of fused-ring (bicyclic) bond motifs is 1. The van der Waals surface area contributed by atoms with Crippen molar-refractivity contribution < 1.29 is 8.42 Å². The minimum absolute atomic E-state index is 0.282. The molecule has 2 rings (SSSR count). The third kappa shape index (κ3) is 1.59. The summed E-state index contributed by atoms with van der Waals surface area (Å²) < 4.78 is 22.4. The van der Waals surface area contributed by atoms with Gasteiger partial charge in [0.25, 0.3) is 0 Å². The molecule has 0 N–H and O–H groups in total. The summed E-state index contributed by atoms with van der Waals surface area (Å²) in [7, 11) is -3.11. The van der Waals surface area contributed by atoms with Crippen LogP contribution in [0.25, 0.3) is 10.4 Å². The van der Waals surface area contributed by atoms with E-state index in [4.69, 9.17) is 0 Å². The van der Waals surface area contributed by atoms with Gasteiger partial charge in [-0.05, 0) is 17.0 Å². The van der Waals surface area contributed by atoms with E-state index in [-0.39, 0.29) is 4.90 Å². The van der Waals surface area contributed by atoms with Crippen LogP contribution in [0.1, 0.15) is 0 Å². The van der Waals surface area contributed by atoms with Crippen LogP contribution in [0.2, 0.25) is 0 Å². The van der Waals surface area contributed by atoms with Crippen LogP contribution in [-0.2, 0) is 9.84 Å². The first-order valence-corrected chi connectivity index (χ1v) is 6.44. The van der Waals surface area contributed by atoms with E-state index in [9.17, 15) is 8.42 Å². The average molecular weight is 211 g/mol. The first-order valence-electron chi connectivity index (χ1n) is 3.67. The summed E-state index contributed by atoms with van der Waals surface area (Å²) in [6, 6.07) is 8.30. The lowest BCUT2D eigenvalue weighted by Crippen LogP contribution is -1.93. The van der Waals surface area contributed by atoms with Gasteiger partial charge < -0.3 is 0 Å². The summed E-state index contributed by atoms with van der Waals surface area (Å²) in [5, 5.41) is 1.91. The largest absolute Gasteiger partial charge is 0.224 e. The van der Waals surface area contributed by atoms with E-state index in [0.717, 1.165) is 10.4 Å². The molecule has 0 fully saturated rings. The molecule has 2 aliphatic rings. The summed E-state index contributed by atoms with van der Waals surface area (Å²) in [6.45, 7) is 0. The summed E-state index contributed by atoms with van der Waals surface area (Å²) >= 11 is 1.49. The number of rotatable bonds is 1. The molecule has 1 aliphatic carbocycles. The molecule has 4 heteroatoms. The van der Waals surface area contributed by atoms with Crippen molar-refractivity contribution in [2.45, 2.75) is 4.90 Å². The molecule has 2 nitrogen and oxygen atoms in total. The van der Waals surface area contributed by atoms with Crippen molar-refractivity contribution >= 4 is 21.2 Å². The van der Waals surface area contributed by atoms with Gasteiger partial charge in [-0.1, -0.05) is 12.1 Å². The van der Waals surface area contributed by atoms with Crippen LogP contribution in [0.3, 0.4) is 0 Å². The third-order valence-electron chi connectivity index (χ3n) is 1.73. The molecule has 0 aromatic heterocycles. The molecule has 0 aromatic carbocycles. The van der Waals surface area contributed by atoms with Crippen LogP contribution in [0.4, 0.5) is 0 Å². The Hall–Kier alpha value is -0.870. The van der Waals surface area contributed by atoms with Gasteiger partial charge in [0.15, 0.2) is 9.84 Å². The quantitative estimate of drug-likeness (QED) is 0.723. The fourth-order valence-electron chi connectivity index (χ4n) is 1.10. The highest BCUT2D eigenvalue weighted by molar-refractivity contribution is 7.90. The molecule has 1 radical (unpaired) electrons. The van der Waals surface area contributed by atoms with Crippen molar-refractivity contribution in [2.24, 2.45) is 0 Å². The Bertz CT molecular complexity index is 466. The molecule has 0 saturated heterocycles. The molecule has 0 atom stereocenters. The van der Waals surface area contributed by atoms with E-state index < -0.39 is 9.84 Å². The maximum absolute atomic E-state index is 11.2. The second kappa shape index (κ2) is 2.82. The molecule has 0 aromatic rings. The SMILES string of the molecule is CS(=O)(=O)c1[c]c2scccc-2c1. The Balaban J connectivity index is 2.71. The van der Waals surface area contributed by atoms with Crippen molar-refractivity contribution in [2.75, 3.05) is 6.26 Å². The summed E-state index contributed by atoms with van der Waals surface area (Å²) in [5.41, 5.74) is 0.938. The Labute approximate surface area is 81.1 Å². The van der Waals surface area contributed by atoms with Gasteiger partial charge in [-0.3, -0.25) is 0 Å². The first-order chi connectivity index (χ1) is 6.07. The van der Waals surface area contributed by atoms with Gasteiger partial charge in [0, 0.05) is 17.2 Å². The predicted octanol–water partition coefficient (Wildman–Crippen LogP) is 2.06. The second-order valence-corrected chi connectivity index (χ2v) is 5.70. The fraction of sp³-hybridized carbons (Fsp3) is 0.111. The van der Waals surface area contributed by atoms with Gasteiger partial charge in [-0.2, -0.15) is 0 Å². The average Bonchev–Trinajstić information content (AvgIpc) is 2.45. The smallest absolute Gasteiger partial charge is 0.176 e. The second-order valence-electron chi connectivity index (χ2n) is 2.80. The zero-order valence-electron chi connectivity index (χ0n) is 6.94. The normalized spacial score (nSPS) is 12.1. The van der Waals surface area contributed by atoms with Gasteiger partial charge >= 0.3 is 0 Å². The molecular weight excluding hydrogens is 204 g/mol. The molecule has 1 heterocycles. The third-order valence-corrected chi connectivity index (χ3v) is 3.61. The lowest BCUT2D eigenvalue weighted by atomic mass is 10.3. The molecule has 0 unspecified atom stereocenters. The van der Waals surface area contributed by atoms with E-state index in [1.807, 2.05) is 17.5 Å². The monoisotopic (exact) mass is 211 g/mol. The Morgan fingerprint density at radius 2 is 2.23 bits per heavy atom. The van der Waals surface area contributed by atoms with Crippen molar-refractivity contribution in [1.29, 1.82) is 0 Å². The lowest BCUT2D eigenvalue weighted by molar-refractivity contribution is 0.602. The highest BCUT2D eigenvalue weighted by atomic mass is 32.2. The number of hydrogen-bond donors (Lipinski definition) is 0. The highest BCUT2D eigenvalue weighted by Crippen LogP contribution is 2.30. The van der Waals surface area contributed by atoms with Gasteiger partial charge in [-0.25, -0.2) is 8.42 Å². The Morgan fingerprint density at radius 3 is 2.85 bits per heavy atom. The minimum atomic E-state index is -3.11. The van der Waals surface area contributed by atoms with Gasteiger partial charge in [0.05, 0.1) is 4.90 Å².